The molecule has 6 nitrogen and oxygen atoms in total. The SMILES string of the molecule is CCN(CC)c1ccc(Nc2nc(C)cc(C(=O)Nc3ccccc3F)n2)cc1. The van der Waals surface area contributed by atoms with Gasteiger partial charge in [0.15, 0.2) is 0 Å². The van der Waals surface area contributed by atoms with Gasteiger partial charge in [0.25, 0.3) is 5.91 Å². The van der Waals surface area contributed by atoms with Gasteiger partial charge in [0.1, 0.15) is 11.5 Å². The molecule has 0 atom stereocenters. The van der Waals surface area contributed by atoms with Crippen LogP contribution < -0.4 is 15.5 Å². The number of carbonyl (C=O) groups is 1. The van der Waals surface area contributed by atoms with Crippen LogP contribution >= 0.6 is 0 Å². The molecular formula is C22H24FN5O. The topological polar surface area (TPSA) is 70.2 Å². The summed E-state index contributed by atoms with van der Waals surface area (Å²) in [5.41, 5.74) is 2.84. The molecule has 0 radical (unpaired) electrons. The monoisotopic (exact) mass is 393 g/mol. The lowest BCUT2D eigenvalue weighted by Gasteiger charge is -2.21. The number of hydrogen-bond donors (Lipinski definition) is 2. The van der Waals surface area contributed by atoms with Gasteiger partial charge in [-0.15, -0.1) is 0 Å². The van der Waals surface area contributed by atoms with E-state index in [1.807, 2.05) is 24.3 Å². The van der Waals surface area contributed by atoms with Crippen molar-refractivity contribution >= 4 is 28.9 Å². The van der Waals surface area contributed by atoms with E-state index in [2.05, 4.69) is 39.3 Å². The lowest BCUT2D eigenvalue weighted by molar-refractivity contribution is 0.102. The first-order valence-corrected chi connectivity index (χ1v) is 9.53. The third-order valence-electron chi connectivity index (χ3n) is 4.46. The fraction of sp³-hybridized carbons (Fsp3) is 0.227. The van der Waals surface area contributed by atoms with E-state index < -0.39 is 11.7 Å². The maximum atomic E-state index is 13.8. The zero-order valence-corrected chi connectivity index (χ0v) is 16.7. The van der Waals surface area contributed by atoms with Crippen LogP contribution in [0, 0.1) is 12.7 Å². The van der Waals surface area contributed by atoms with Gasteiger partial charge in [0.2, 0.25) is 5.95 Å². The fourth-order valence-corrected chi connectivity index (χ4v) is 2.96. The van der Waals surface area contributed by atoms with Gasteiger partial charge in [-0.25, -0.2) is 14.4 Å². The van der Waals surface area contributed by atoms with E-state index in [4.69, 9.17) is 0 Å². The number of carbonyl (C=O) groups excluding carboxylic acids is 1. The highest BCUT2D eigenvalue weighted by Gasteiger charge is 2.13. The van der Waals surface area contributed by atoms with E-state index in [0.29, 0.717) is 11.6 Å². The number of aryl methyl sites for hydroxylation is 1. The van der Waals surface area contributed by atoms with E-state index in [1.54, 1.807) is 25.1 Å². The lowest BCUT2D eigenvalue weighted by Crippen LogP contribution is -2.21. The van der Waals surface area contributed by atoms with E-state index in [0.717, 1.165) is 24.5 Å². The molecule has 0 aliphatic carbocycles. The molecule has 0 saturated heterocycles. The molecule has 150 valence electrons. The van der Waals surface area contributed by atoms with E-state index in [1.165, 1.54) is 12.1 Å². The molecule has 7 heteroatoms. The van der Waals surface area contributed by atoms with Gasteiger partial charge < -0.3 is 15.5 Å². The van der Waals surface area contributed by atoms with Gasteiger partial charge in [-0.3, -0.25) is 4.79 Å². The van der Waals surface area contributed by atoms with Crippen LogP contribution in [0.5, 0.6) is 0 Å². The summed E-state index contributed by atoms with van der Waals surface area (Å²) in [4.78, 5) is 23.4. The van der Waals surface area contributed by atoms with Crippen LogP contribution in [0.1, 0.15) is 30.0 Å². The molecule has 2 N–H and O–H groups in total. The van der Waals surface area contributed by atoms with E-state index >= 15 is 0 Å². The first kappa shape index (κ1) is 20.3. The van der Waals surface area contributed by atoms with Crippen molar-refractivity contribution in [1.82, 2.24) is 9.97 Å². The highest BCUT2D eigenvalue weighted by atomic mass is 19.1. The molecule has 0 bridgehead atoms. The van der Waals surface area contributed by atoms with Crippen molar-refractivity contribution in [2.45, 2.75) is 20.8 Å². The Labute approximate surface area is 169 Å². The van der Waals surface area contributed by atoms with Crippen molar-refractivity contribution in [3.05, 3.63) is 71.8 Å². The minimum Gasteiger partial charge on any atom is -0.372 e. The average Bonchev–Trinajstić information content (AvgIpc) is 2.71. The molecule has 3 rings (SSSR count). The number of halogens is 1. The molecule has 0 fully saturated rings. The predicted octanol–water partition coefficient (Wildman–Crippen LogP) is 4.77. The van der Waals surface area contributed by atoms with Crippen LogP contribution in [0.15, 0.2) is 54.6 Å². The largest absolute Gasteiger partial charge is 0.372 e. The Kier molecular flexibility index (Phi) is 6.39. The Morgan fingerprint density at radius 2 is 1.72 bits per heavy atom. The van der Waals surface area contributed by atoms with Crippen LogP contribution in [-0.4, -0.2) is 29.0 Å². The van der Waals surface area contributed by atoms with Gasteiger partial charge in [-0.05, 0) is 63.2 Å². The number of para-hydroxylation sites is 1. The number of anilines is 4. The van der Waals surface area contributed by atoms with Crippen LogP contribution in [0.4, 0.5) is 27.4 Å². The summed E-state index contributed by atoms with van der Waals surface area (Å²) in [6.45, 7) is 7.87. The minimum absolute atomic E-state index is 0.107. The molecule has 0 aliphatic rings. The number of aromatic nitrogens is 2. The number of benzene rings is 2. The number of nitrogens with zero attached hydrogens (tertiary/aromatic N) is 3. The molecule has 1 heterocycles. The summed E-state index contributed by atoms with van der Waals surface area (Å²) in [5.74, 6) is -0.696. The zero-order chi connectivity index (χ0) is 20.8. The van der Waals surface area contributed by atoms with E-state index in [-0.39, 0.29) is 11.4 Å². The summed E-state index contributed by atoms with van der Waals surface area (Å²) in [6, 6.07) is 15.5. The van der Waals surface area contributed by atoms with Gasteiger partial charge in [0.05, 0.1) is 5.69 Å². The quantitative estimate of drug-likeness (QED) is 0.605. The fourth-order valence-electron chi connectivity index (χ4n) is 2.96. The Hall–Kier alpha value is -3.48. The third kappa shape index (κ3) is 5.07. The molecule has 0 spiro atoms. The molecule has 29 heavy (non-hydrogen) atoms. The molecule has 1 amide bonds. The Balaban J connectivity index is 1.77. The molecule has 0 aliphatic heterocycles. The maximum Gasteiger partial charge on any atom is 0.274 e. The normalized spacial score (nSPS) is 10.5. The second-order valence-electron chi connectivity index (χ2n) is 6.50. The van der Waals surface area contributed by atoms with E-state index in [9.17, 15) is 9.18 Å². The smallest absolute Gasteiger partial charge is 0.274 e. The Bertz CT molecular complexity index is 987. The summed E-state index contributed by atoms with van der Waals surface area (Å²) in [6.07, 6.45) is 0. The highest BCUT2D eigenvalue weighted by Crippen LogP contribution is 2.20. The van der Waals surface area contributed by atoms with Gasteiger partial charge >= 0.3 is 0 Å². The van der Waals surface area contributed by atoms with Gasteiger partial charge in [-0.2, -0.15) is 0 Å². The van der Waals surface area contributed by atoms with Crippen molar-refractivity contribution in [2.24, 2.45) is 0 Å². The van der Waals surface area contributed by atoms with Crippen molar-refractivity contribution < 1.29 is 9.18 Å². The molecule has 2 aromatic carbocycles. The standard InChI is InChI=1S/C22H24FN5O/c1-4-28(5-2)17-12-10-16(11-13-17)25-22-24-15(3)14-20(27-22)21(29)26-19-9-7-6-8-18(19)23/h6-14H,4-5H2,1-3H3,(H,26,29)(H,24,25,27). The third-order valence-corrected chi connectivity index (χ3v) is 4.46. The van der Waals surface area contributed by atoms with Crippen LogP contribution in [0.25, 0.3) is 0 Å². The average molecular weight is 393 g/mol. The van der Waals surface area contributed by atoms with Crippen molar-refractivity contribution in [1.29, 1.82) is 0 Å². The summed E-state index contributed by atoms with van der Waals surface area (Å²) >= 11 is 0. The van der Waals surface area contributed by atoms with Crippen molar-refractivity contribution in [3.8, 4) is 0 Å². The summed E-state index contributed by atoms with van der Waals surface area (Å²) in [5, 5.41) is 5.66. The molecule has 0 saturated carbocycles. The number of hydrogen-bond acceptors (Lipinski definition) is 5. The molecule has 0 unspecified atom stereocenters. The van der Waals surface area contributed by atoms with Crippen molar-refractivity contribution in [2.75, 3.05) is 28.6 Å². The first-order valence-electron chi connectivity index (χ1n) is 9.53. The Morgan fingerprint density at radius 1 is 1.03 bits per heavy atom. The van der Waals surface area contributed by atoms with Gasteiger partial charge in [0, 0.05) is 30.2 Å². The second-order valence-corrected chi connectivity index (χ2v) is 6.50. The first-order chi connectivity index (χ1) is 14.0. The Morgan fingerprint density at radius 3 is 2.38 bits per heavy atom. The predicted molar refractivity (Wildman–Crippen MR) is 114 cm³/mol. The molecule has 3 aromatic rings. The zero-order valence-electron chi connectivity index (χ0n) is 16.7. The summed E-state index contributed by atoms with van der Waals surface area (Å²) < 4.78 is 13.8. The second kappa shape index (κ2) is 9.14. The highest BCUT2D eigenvalue weighted by molar-refractivity contribution is 6.03. The van der Waals surface area contributed by atoms with Crippen molar-refractivity contribution in [3.63, 3.8) is 0 Å². The minimum atomic E-state index is -0.502. The number of nitrogens with one attached hydrogen (secondary N) is 2. The van der Waals surface area contributed by atoms with Crippen LogP contribution in [0.2, 0.25) is 0 Å². The summed E-state index contributed by atoms with van der Waals surface area (Å²) in [7, 11) is 0. The van der Waals surface area contributed by atoms with Gasteiger partial charge in [-0.1, -0.05) is 12.1 Å². The molecular weight excluding hydrogens is 369 g/mol. The molecule has 1 aromatic heterocycles. The lowest BCUT2D eigenvalue weighted by atomic mass is 10.2. The number of rotatable bonds is 7. The maximum absolute atomic E-state index is 13.8. The van der Waals surface area contributed by atoms with Crippen LogP contribution in [-0.2, 0) is 0 Å². The number of amides is 1. The van der Waals surface area contributed by atoms with Crippen LogP contribution in [0.3, 0.4) is 0 Å².